The highest BCUT2D eigenvalue weighted by molar-refractivity contribution is 9.10. The summed E-state index contributed by atoms with van der Waals surface area (Å²) in [5.41, 5.74) is 1.70. The molecule has 0 aliphatic rings. The number of hydrogen-bond donors (Lipinski definition) is 2. The molecule has 0 bridgehead atoms. The number of hydrogen-bond acceptors (Lipinski definition) is 4. The molecule has 0 fully saturated rings. The summed E-state index contributed by atoms with van der Waals surface area (Å²) in [6.45, 7) is 3.66. The fourth-order valence-corrected chi connectivity index (χ4v) is 3.81. The zero-order chi connectivity index (χ0) is 15.3. The van der Waals surface area contributed by atoms with Gasteiger partial charge in [0.15, 0.2) is 0 Å². The molecule has 0 aliphatic carbocycles. The monoisotopic (exact) mass is 372 g/mol. The van der Waals surface area contributed by atoms with Gasteiger partial charge in [-0.2, -0.15) is 0 Å². The molecule has 0 saturated heterocycles. The van der Waals surface area contributed by atoms with E-state index in [9.17, 15) is 8.42 Å². The van der Waals surface area contributed by atoms with E-state index in [0.29, 0.717) is 11.0 Å². The van der Waals surface area contributed by atoms with E-state index in [1.54, 1.807) is 18.2 Å². The van der Waals surface area contributed by atoms with Crippen molar-refractivity contribution < 1.29 is 12.8 Å². The lowest BCUT2D eigenvalue weighted by atomic mass is 10.2. The molecule has 114 valence electrons. The van der Waals surface area contributed by atoms with Crippen LogP contribution in [0.4, 0.5) is 0 Å². The molecule has 7 heteroatoms. The van der Waals surface area contributed by atoms with Crippen molar-refractivity contribution in [3.05, 3.63) is 52.4 Å². The SMILES string of the molecule is CCNCc1ccc(Br)c(S(=O)(=O)NCc2ccoc2)c1. The van der Waals surface area contributed by atoms with Crippen LogP contribution in [0.5, 0.6) is 0 Å². The molecular weight excluding hydrogens is 356 g/mol. The lowest BCUT2D eigenvalue weighted by Crippen LogP contribution is -2.23. The molecule has 1 heterocycles. The highest BCUT2D eigenvalue weighted by atomic mass is 79.9. The number of furan rings is 1. The van der Waals surface area contributed by atoms with E-state index in [1.807, 2.05) is 13.0 Å². The molecule has 0 spiro atoms. The Hall–Kier alpha value is -1.15. The van der Waals surface area contributed by atoms with Crippen molar-refractivity contribution in [3.8, 4) is 0 Å². The number of halogens is 1. The van der Waals surface area contributed by atoms with E-state index in [4.69, 9.17) is 4.42 Å². The maximum Gasteiger partial charge on any atom is 0.242 e. The summed E-state index contributed by atoms with van der Waals surface area (Å²) >= 11 is 3.30. The third-order valence-electron chi connectivity index (χ3n) is 2.91. The minimum atomic E-state index is -3.58. The third kappa shape index (κ3) is 4.41. The maximum atomic E-state index is 12.4. The first-order chi connectivity index (χ1) is 10.0. The highest BCUT2D eigenvalue weighted by Crippen LogP contribution is 2.23. The molecule has 0 saturated carbocycles. The van der Waals surface area contributed by atoms with E-state index < -0.39 is 10.0 Å². The smallest absolute Gasteiger partial charge is 0.242 e. The van der Waals surface area contributed by atoms with Gasteiger partial charge in [0, 0.05) is 23.1 Å². The average Bonchev–Trinajstić information content (AvgIpc) is 2.97. The number of nitrogens with one attached hydrogen (secondary N) is 2. The zero-order valence-electron chi connectivity index (χ0n) is 11.6. The van der Waals surface area contributed by atoms with E-state index in [1.165, 1.54) is 12.5 Å². The van der Waals surface area contributed by atoms with Crippen LogP contribution in [0, 0.1) is 0 Å². The maximum absolute atomic E-state index is 12.4. The van der Waals surface area contributed by atoms with E-state index in [2.05, 4.69) is 26.0 Å². The molecule has 0 unspecified atom stereocenters. The van der Waals surface area contributed by atoms with Crippen molar-refractivity contribution in [2.75, 3.05) is 6.54 Å². The van der Waals surface area contributed by atoms with Gasteiger partial charge in [-0.1, -0.05) is 13.0 Å². The van der Waals surface area contributed by atoms with Crippen LogP contribution in [0.2, 0.25) is 0 Å². The molecular formula is C14H17BrN2O3S. The Morgan fingerprint density at radius 3 is 2.67 bits per heavy atom. The van der Waals surface area contributed by atoms with Gasteiger partial charge >= 0.3 is 0 Å². The minimum Gasteiger partial charge on any atom is -0.472 e. The van der Waals surface area contributed by atoms with Gasteiger partial charge < -0.3 is 9.73 Å². The van der Waals surface area contributed by atoms with Gasteiger partial charge in [-0.05, 0) is 46.2 Å². The van der Waals surface area contributed by atoms with E-state index in [0.717, 1.165) is 17.7 Å². The molecule has 1 aromatic heterocycles. The number of sulfonamides is 1. The van der Waals surface area contributed by atoms with E-state index >= 15 is 0 Å². The Morgan fingerprint density at radius 2 is 2.00 bits per heavy atom. The first-order valence-corrected chi connectivity index (χ1v) is 8.80. The van der Waals surface area contributed by atoms with Crippen LogP contribution in [-0.2, 0) is 23.1 Å². The fraction of sp³-hybridized carbons (Fsp3) is 0.286. The molecule has 5 nitrogen and oxygen atoms in total. The fourth-order valence-electron chi connectivity index (χ4n) is 1.78. The molecule has 1 aromatic carbocycles. The Labute approximate surface area is 132 Å². The van der Waals surface area contributed by atoms with Crippen LogP contribution in [0.3, 0.4) is 0 Å². The van der Waals surface area contributed by atoms with Crippen LogP contribution in [-0.4, -0.2) is 15.0 Å². The van der Waals surface area contributed by atoms with Crippen LogP contribution < -0.4 is 10.0 Å². The van der Waals surface area contributed by atoms with Gasteiger partial charge in [-0.3, -0.25) is 0 Å². The molecule has 2 N–H and O–H groups in total. The Bertz CT molecular complexity index is 684. The zero-order valence-corrected chi connectivity index (χ0v) is 14.0. The van der Waals surface area contributed by atoms with Crippen molar-refractivity contribution >= 4 is 26.0 Å². The van der Waals surface area contributed by atoms with Gasteiger partial charge in [0.05, 0.1) is 17.4 Å². The second-order valence-electron chi connectivity index (χ2n) is 4.50. The van der Waals surface area contributed by atoms with Crippen LogP contribution in [0.1, 0.15) is 18.1 Å². The predicted octanol–water partition coefficient (Wildman–Crippen LogP) is 2.63. The van der Waals surface area contributed by atoms with Gasteiger partial charge in [0.1, 0.15) is 0 Å². The van der Waals surface area contributed by atoms with Gasteiger partial charge in [0.2, 0.25) is 10.0 Å². The summed E-state index contributed by atoms with van der Waals surface area (Å²) in [4.78, 5) is 0.237. The van der Waals surface area contributed by atoms with Crippen molar-refractivity contribution in [1.82, 2.24) is 10.0 Å². The van der Waals surface area contributed by atoms with Crippen LogP contribution in [0.25, 0.3) is 0 Å². The van der Waals surface area contributed by atoms with Crippen molar-refractivity contribution in [2.24, 2.45) is 0 Å². The number of benzene rings is 1. The molecule has 0 aliphatic heterocycles. The topological polar surface area (TPSA) is 71.3 Å². The Balaban J connectivity index is 2.17. The molecule has 21 heavy (non-hydrogen) atoms. The van der Waals surface area contributed by atoms with Gasteiger partial charge in [-0.25, -0.2) is 13.1 Å². The molecule has 2 rings (SSSR count). The summed E-state index contributed by atoms with van der Waals surface area (Å²) in [5.74, 6) is 0. The van der Waals surface area contributed by atoms with Crippen molar-refractivity contribution in [3.63, 3.8) is 0 Å². The third-order valence-corrected chi connectivity index (χ3v) is 5.31. The summed E-state index contributed by atoms with van der Waals surface area (Å²) in [6.07, 6.45) is 3.02. The summed E-state index contributed by atoms with van der Waals surface area (Å²) in [7, 11) is -3.58. The largest absolute Gasteiger partial charge is 0.472 e. The van der Waals surface area contributed by atoms with Crippen LogP contribution in [0.15, 0.2) is 50.6 Å². The quantitative estimate of drug-likeness (QED) is 0.783. The molecule has 0 radical (unpaired) electrons. The predicted molar refractivity (Wildman–Crippen MR) is 84.3 cm³/mol. The summed E-state index contributed by atoms with van der Waals surface area (Å²) in [6, 6.07) is 7.03. The highest BCUT2D eigenvalue weighted by Gasteiger charge is 2.18. The molecule has 0 amide bonds. The lowest BCUT2D eigenvalue weighted by molar-refractivity contribution is 0.561. The first-order valence-electron chi connectivity index (χ1n) is 6.53. The summed E-state index contributed by atoms with van der Waals surface area (Å²) < 4.78 is 32.8. The van der Waals surface area contributed by atoms with E-state index in [-0.39, 0.29) is 11.4 Å². The average molecular weight is 373 g/mol. The normalized spacial score (nSPS) is 11.7. The minimum absolute atomic E-state index is 0.197. The Kier molecular flexibility index (Phi) is 5.58. The molecule has 0 atom stereocenters. The second-order valence-corrected chi connectivity index (χ2v) is 7.09. The van der Waals surface area contributed by atoms with Crippen molar-refractivity contribution in [1.29, 1.82) is 0 Å². The first kappa shape index (κ1) is 16.2. The van der Waals surface area contributed by atoms with Gasteiger partial charge in [-0.15, -0.1) is 0 Å². The Morgan fingerprint density at radius 1 is 1.19 bits per heavy atom. The van der Waals surface area contributed by atoms with Crippen molar-refractivity contribution in [2.45, 2.75) is 24.9 Å². The second kappa shape index (κ2) is 7.22. The molecule has 2 aromatic rings. The summed E-state index contributed by atoms with van der Waals surface area (Å²) in [5, 5.41) is 3.17. The van der Waals surface area contributed by atoms with Gasteiger partial charge in [0.25, 0.3) is 0 Å². The van der Waals surface area contributed by atoms with Crippen LogP contribution >= 0.6 is 15.9 Å². The standard InChI is InChI=1S/C14H17BrN2O3S/c1-2-16-8-11-3-4-13(15)14(7-11)21(18,19)17-9-12-5-6-20-10-12/h3-7,10,16-17H,2,8-9H2,1H3. The number of rotatable bonds is 7. The lowest BCUT2D eigenvalue weighted by Gasteiger charge is -2.10.